The summed E-state index contributed by atoms with van der Waals surface area (Å²) in [6.07, 6.45) is 4.86. The van der Waals surface area contributed by atoms with E-state index in [-0.39, 0.29) is 12.0 Å². The highest BCUT2D eigenvalue weighted by atomic mass is 31.2. The summed E-state index contributed by atoms with van der Waals surface area (Å²) in [7, 11) is -4.31. The molecule has 2 atom stereocenters. The van der Waals surface area contributed by atoms with Gasteiger partial charge in [-0.2, -0.15) is 0 Å². The fourth-order valence-corrected chi connectivity index (χ4v) is 4.20. The van der Waals surface area contributed by atoms with Crippen LogP contribution in [0.5, 0.6) is 0 Å². The Bertz CT molecular complexity index is 429. The van der Waals surface area contributed by atoms with Crippen molar-refractivity contribution in [3.05, 3.63) is 12.2 Å². The Labute approximate surface area is 140 Å². The Morgan fingerprint density at radius 1 is 1.17 bits per heavy atom. The van der Waals surface area contributed by atoms with Crippen molar-refractivity contribution in [2.24, 2.45) is 0 Å². The molecule has 0 saturated heterocycles. The highest BCUT2D eigenvalue weighted by Gasteiger charge is 2.46. The summed E-state index contributed by atoms with van der Waals surface area (Å²) in [6, 6.07) is 0. The molecular formula is C17H33O5P. The van der Waals surface area contributed by atoms with Gasteiger partial charge in [0.15, 0.2) is 0 Å². The lowest BCUT2D eigenvalue weighted by molar-refractivity contribution is -0.144. The van der Waals surface area contributed by atoms with Crippen LogP contribution in [0.4, 0.5) is 0 Å². The van der Waals surface area contributed by atoms with Crippen LogP contribution < -0.4 is 0 Å². The number of carbonyl (C=O) groups excluding carboxylic acids is 1. The van der Waals surface area contributed by atoms with E-state index in [0.29, 0.717) is 12.8 Å². The molecule has 5 nitrogen and oxygen atoms in total. The first-order valence-electron chi connectivity index (χ1n) is 8.51. The zero-order valence-electron chi connectivity index (χ0n) is 15.0. The molecule has 0 spiro atoms. The Morgan fingerprint density at radius 3 is 2.13 bits per heavy atom. The molecule has 0 aromatic rings. The van der Waals surface area contributed by atoms with Gasteiger partial charge in [-0.1, -0.05) is 52.5 Å². The average Bonchev–Trinajstić information content (AvgIpc) is 2.43. The van der Waals surface area contributed by atoms with E-state index in [4.69, 9.17) is 4.74 Å². The minimum absolute atomic E-state index is 0.181. The minimum atomic E-state index is -4.31. The van der Waals surface area contributed by atoms with Crippen LogP contribution in [0.15, 0.2) is 12.2 Å². The zero-order chi connectivity index (χ0) is 18.1. The molecule has 0 rings (SSSR count). The van der Waals surface area contributed by atoms with Crippen molar-refractivity contribution >= 4 is 13.6 Å². The third-order valence-corrected chi connectivity index (χ3v) is 6.05. The summed E-state index contributed by atoms with van der Waals surface area (Å²) >= 11 is 0. The van der Waals surface area contributed by atoms with Crippen LogP contribution in [0.25, 0.3) is 0 Å². The van der Waals surface area contributed by atoms with Crippen molar-refractivity contribution in [1.29, 1.82) is 0 Å². The predicted molar refractivity (Wildman–Crippen MR) is 93.4 cm³/mol. The van der Waals surface area contributed by atoms with E-state index in [1.54, 1.807) is 13.8 Å². The number of carbonyl (C=O) groups is 1. The van der Waals surface area contributed by atoms with Gasteiger partial charge in [0.2, 0.25) is 0 Å². The lowest BCUT2D eigenvalue weighted by Crippen LogP contribution is -2.34. The fraction of sp³-hybridized carbons (Fsp3) is 0.824. The van der Waals surface area contributed by atoms with Gasteiger partial charge in [-0.05, 0) is 26.7 Å². The number of hydrogen-bond donors (Lipinski definition) is 2. The largest absolute Gasteiger partial charge is 0.459 e. The molecule has 0 radical (unpaired) electrons. The second kappa shape index (κ2) is 10.3. The molecular weight excluding hydrogens is 315 g/mol. The van der Waals surface area contributed by atoms with E-state index in [1.807, 2.05) is 6.92 Å². The smallest absolute Gasteiger partial charge is 0.333 e. The molecule has 0 aliphatic rings. The molecule has 0 aliphatic heterocycles. The van der Waals surface area contributed by atoms with Gasteiger partial charge in [0.25, 0.3) is 0 Å². The molecule has 0 aliphatic carbocycles. The first-order valence-corrected chi connectivity index (χ1v) is 10.1. The standard InChI is InChI=1S/C17H33O5P/c1-6-8-10-12-17(11-9-7-2,23(19,20)21)13-15(5)22-16(18)14(3)4/h15H,3,6-13H2,1-2,4-5H3,(H2,19,20,21). The highest BCUT2D eigenvalue weighted by Crippen LogP contribution is 2.58. The molecule has 2 N–H and O–H groups in total. The van der Waals surface area contributed by atoms with Gasteiger partial charge in [0, 0.05) is 12.0 Å². The first-order chi connectivity index (χ1) is 10.6. The van der Waals surface area contributed by atoms with E-state index >= 15 is 0 Å². The third-order valence-electron chi connectivity index (χ3n) is 4.18. The Balaban J connectivity index is 5.23. The van der Waals surface area contributed by atoms with Crippen LogP contribution in [0.2, 0.25) is 0 Å². The summed E-state index contributed by atoms with van der Waals surface area (Å²) < 4.78 is 17.5. The lowest BCUT2D eigenvalue weighted by atomic mass is 9.89. The van der Waals surface area contributed by atoms with E-state index in [9.17, 15) is 19.1 Å². The van der Waals surface area contributed by atoms with Crippen LogP contribution in [0.1, 0.15) is 79.1 Å². The number of ether oxygens (including phenoxy) is 1. The Kier molecular flexibility index (Phi) is 9.99. The second-order valence-corrected chi connectivity index (χ2v) is 8.57. The van der Waals surface area contributed by atoms with Gasteiger partial charge >= 0.3 is 13.6 Å². The van der Waals surface area contributed by atoms with Crippen LogP contribution in [-0.2, 0) is 14.1 Å². The minimum Gasteiger partial charge on any atom is -0.459 e. The second-order valence-electron chi connectivity index (χ2n) is 6.53. The van der Waals surface area contributed by atoms with Crippen molar-refractivity contribution in [2.45, 2.75) is 90.3 Å². The van der Waals surface area contributed by atoms with Crippen LogP contribution >= 0.6 is 7.60 Å². The van der Waals surface area contributed by atoms with Crippen LogP contribution in [0, 0.1) is 0 Å². The molecule has 0 heterocycles. The van der Waals surface area contributed by atoms with Crippen LogP contribution in [0.3, 0.4) is 0 Å². The Hall–Kier alpha value is -0.640. The van der Waals surface area contributed by atoms with E-state index < -0.39 is 24.8 Å². The third kappa shape index (κ3) is 7.65. The normalized spacial score (nSPS) is 15.7. The monoisotopic (exact) mass is 348 g/mol. The summed E-state index contributed by atoms with van der Waals surface area (Å²) in [6.45, 7) is 10.8. The highest BCUT2D eigenvalue weighted by molar-refractivity contribution is 7.53. The predicted octanol–water partition coefficient (Wildman–Crippen LogP) is 4.57. The molecule has 0 bridgehead atoms. The van der Waals surface area contributed by atoms with Crippen molar-refractivity contribution in [1.82, 2.24) is 0 Å². The van der Waals surface area contributed by atoms with Gasteiger partial charge in [0.1, 0.15) is 6.10 Å². The molecule has 2 unspecified atom stereocenters. The molecule has 136 valence electrons. The van der Waals surface area contributed by atoms with Crippen molar-refractivity contribution in [3.8, 4) is 0 Å². The SMILES string of the molecule is C=C(C)C(=O)OC(C)CC(CCCC)(CCCCC)P(=O)(O)O. The Morgan fingerprint density at radius 2 is 1.70 bits per heavy atom. The van der Waals surface area contributed by atoms with E-state index in [0.717, 1.165) is 32.1 Å². The van der Waals surface area contributed by atoms with Gasteiger partial charge in [-0.25, -0.2) is 4.79 Å². The van der Waals surface area contributed by atoms with Gasteiger partial charge < -0.3 is 14.5 Å². The number of unbranched alkanes of at least 4 members (excludes halogenated alkanes) is 3. The van der Waals surface area contributed by atoms with Crippen LogP contribution in [-0.4, -0.2) is 27.0 Å². The number of hydrogen-bond acceptors (Lipinski definition) is 3. The summed E-state index contributed by atoms with van der Waals surface area (Å²) in [5.74, 6) is -0.513. The maximum Gasteiger partial charge on any atom is 0.333 e. The maximum atomic E-state index is 12.2. The topological polar surface area (TPSA) is 83.8 Å². The number of rotatable bonds is 12. The maximum absolute atomic E-state index is 12.2. The summed E-state index contributed by atoms with van der Waals surface area (Å²) in [5, 5.41) is -1.10. The molecule has 23 heavy (non-hydrogen) atoms. The summed E-state index contributed by atoms with van der Waals surface area (Å²) in [5.41, 5.74) is 0.290. The molecule has 0 fully saturated rings. The van der Waals surface area contributed by atoms with Gasteiger partial charge in [-0.3, -0.25) is 4.57 Å². The lowest BCUT2D eigenvalue weighted by Gasteiger charge is -2.36. The summed E-state index contributed by atoms with van der Waals surface area (Å²) in [4.78, 5) is 31.6. The number of esters is 1. The van der Waals surface area contributed by atoms with E-state index in [2.05, 4.69) is 13.5 Å². The molecule has 0 amide bonds. The van der Waals surface area contributed by atoms with E-state index in [1.165, 1.54) is 0 Å². The first kappa shape index (κ1) is 22.4. The molecule has 0 aromatic heterocycles. The van der Waals surface area contributed by atoms with Gasteiger partial charge in [-0.15, -0.1) is 0 Å². The fourth-order valence-electron chi connectivity index (χ4n) is 2.81. The zero-order valence-corrected chi connectivity index (χ0v) is 15.9. The molecule has 0 aromatic carbocycles. The van der Waals surface area contributed by atoms with Crippen molar-refractivity contribution < 1.29 is 23.9 Å². The molecule has 6 heteroatoms. The van der Waals surface area contributed by atoms with Crippen molar-refractivity contribution in [2.75, 3.05) is 0 Å². The van der Waals surface area contributed by atoms with Gasteiger partial charge in [0.05, 0.1) is 5.16 Å². The quantitative estimate of drug-likeness (QED) is 0.234. The average molecular weight is 348 g/mol. The molecule has 0 saturated carbocycles. The van der Waals surface area contributed by atoms with Crippen molar-refractivity contribution in [3.63, 3.8) is 0 Å².